The molecule has 20 heavy (non-hydrogen) atoms. The molecule has 0 radical (unpaired) electrons. The molecule has 0 aliphatic heterocycles. The Bertz CT molecular complexity index is 373. The molecule has 0 heterocycles. The van der Waals surface area contributed by atoms with E-state index in [1.807, 2.05) is 0 Å². The van der Waals surface area contributed by atoms with Gasteiger partial charge in [0.05, 0.1) is 0 Å². The molecule has 0 nitrogen and oxygen atoms in total. The third-order valence-corrected chi connectivity index (χ3v) is 8.83. The van der Waals surface area contributed by atoms with Gasteiger partial charge in [0.15, 0.2) is 0 Å². The maximum Gasteiger partial charge on any atom is -0.0324 e. The van der Waals surface area contributed by atoms with E-state index in [1.54, 1.807) is 64.2 Å². The van der Waals surface area contributed by atoms with Gasteiger partial charge in [0.1, 0.15) is 0 Å². The van der Waals surface area contributed by atoms with Crippen LogP contribution in [0.4, 0.5) is 0 Å². The van der Waals surface area contributed by atoms with Crippen LogP contribution in [-0.4, -0.2) is 0 Å². The number of rotatable bonds is 2. The van der Waals surface area contributed by atoms with Crippen molar-refractivity contribution in [1.29, 1.82) is 0 Å². The second-order valence-electron chi connectivity index (χ2n) is 9.45. The molecule has 5 fully saturated rings. The summed E-state index contributed by atoms with van der Waals surface area (Å²) in [5.74, 6) is 10.3. The van der Waals surface area contributed by atoms with Crippen molar-refractivity contribution in [1.82, 2.24) is 0 Å². The highest BCUT2D eigenvalue weighted by Crippen LogP contribution is 2.63. The SMILES string of the molecule is CC(C1CC2CCC(C2)C1)C1CCC2C3CCC(C3)C21. The summed E-state index contributed by atoms with van der Waals surface area (Å²) in [6.45, 7) is 2.68. The maximum absolute atomic E-state index is 2.68. The largest absolute Gasteiger partial charge is 0.0620 e. The quantitative estimate of drug-likeness (QED) is 0.621. The van der Waals surface area contributed by atoms with E-state index < -0.39 is 0 Å². The highest BCUT2D eigenvalue weighted by Gasteiger charge is 2.55. The fourth-order valence-corrected chi connectivity index (χ4v) is 8.08. The van der Waals surface area contributed by atoms with Gasteiger partial charge in [-0.25, -0.2) is 0 Å². The van der Waals surface area contributed by atoms with Gasteiger partial charge < -0.3 is 0 Å². The Hall–Kier alpha value is 0. The minimum atomic E-state index is 1.06. The van der Waals surface area contributed by atoms with Crippen LogP contribution in [-0.2, 0) is 0 Å². The topological polar surface area (TPSA) is 0 Å². The number of fused-ring (bicyclic) bond motifs is 7. The van der Waals surface area contributed by atoms with Crippen molar-refractivity contribution in [3.05, 3.63) is 0 Å². The van der Waals surface area contributed by atoms with Gasteiger partial charge in [0.2, 0.25) is 0 Å². The Labute approximate surface area is 125 Å². The molecular formula is C20H32. The zero-order valence-corrected chi connectivity index (χ0v) is 13.3. The first-order valence-corrected chi connectivity index (χ1v) is 9.79. The Morgan fingerprint density at radius 2 is 1.45 bits per heavy atom. The average Bonchev–Trinajstić information content (AvgIpc) is 3.19. The first-order chi connectivity index (χ1) is 9.79. The van der Waals surface area contributed by atoms with Gasteiger partial charge in [-0.15, -0.1) is 0 Å². The lowest BCUT2D eigenvalue weighted by Crippen LogP contribution is -2.32. The lowest BCUT2D eigenvalue weighted by Gasteiger charge is -2.39. The second kappa shape index (κ2) is 4.50. The maximum atomic E-state index is 2.68. The van der Waals surface area contributed by atoms with Crippen LogP contribution in [0, 0.1) is 53.3 Å². The second-order valence-corrected chi connectivity index (χ2v) is 9.45. The van der Waals surface area contributed by atoms with E-state index >= 15 is 0 Å². The molecule has 4 bridgehead atoms. The third-order valence-electron chi connectivity index (χ3n) is 8.83. The Balaban J connectivity index is 1.33. The van der Waals surface area contributed by atoms with Gasteiger partial charge in [-0.1, -0.05) is 19.8 Å². The molecule has 112 valence electrons. The minimum absolute atomic E-state index is 1.06. The summed E-state index contributed by atoms with van der Waals surface area (Å²) in [4.78, 5) is 0. The van der Waals surface area contributed by atoms with E-state index in [1.165, 1.54) is 23.7 Å². The molecule has 0 amide bonds. The highest BCUT2D eigenvalue weighted by molar-refractivity contribution is 5.04. The molecular weight excluding hydrogens is 240 g/mol. The summed E-state index contributed by atoms with van der Waals surface area (Å²) in [5, 5.41) is 0. The normalized spacial score (nSPS) is 58.0. The lowest BCUT2D eigenvalue weighted by atomic mass is 9.66. The number of hydrogen-bond donors (Lipinski definition) is 0. The van der Waals surface area contributed by atoms with Crippen LogP contribution in [0.2, 0.25) is 0 Å². The summed E-state index contributed by atoms with van der Waals surface area (Å²) in [7, 11) is 0. The van der Waals surface area contributed by atoms with Gasteiger partial charge in [0.25, 0.3) is 0 Å². The van der Waals surface area contributed by atoms with E-state index in [2.05, 4.69) is 6.92 Å². The van der Waals surface area contributed by atoms with Gasteiger partial charge in [-0.05, 0) is 105 Å². The van der Waals surface area contributed by atoms with Crippen molar-refractivity contribution in [2.24, 2.45) is 53.3 Å². The first-order valence-electron chi connectivity index (χ1n) is 9.79. The van der Waals surface area contributed by atoms with Crippen LogP contribution in [0.1, 0.15) is 71.1 Å². The molecule has 0 aromatic carbocycles. The predicted octanol–water partition coefficient (Wildman–Crippen LogP) is 5.52. The lowest BCUT2D eigenvalue weighted by molar-refractivity contribution is 0.0995. The van der Waals surface area contributed by atoms with Gasteiger partial charge in [-0.2, -0.15) is 0 Å². The molecule has 0 N–H and O–H groups in total. The molecule has 0 heteroatoms. The number of hydrogen-bond acceptors (Lipinski definition) is 0. The smallest absolute Gasteiger partial charge is 0.0324 e. The first kappa shape index (κ1) is 12.5. The molecule has 8 unspecified atom stereocenters. The monoisotopic (exact) mass is 272 g/mol. The Morgan fingerprint density at radius 1 is 0.700 bits per heavy atom. The van der Waals surface area contributed by atoms with Crippen molar-refractivity contribution in [2.75, 3.05) is 0 Å². The molecule has 5 aliphatic rings. The van der Waals surface area contributed by atoms with Crippen molar-refractivity contribution < 1.29 is 0 Å². The van der Waals surface area contributed by atoms with E-state index in [4.69, 9.17) is 0 Å². The van der Waals surface area contributed by atoms with Crippen LogP contribution < -0.4 is 0 Å². The highest BCUT2D eigenvalue weighted by atomic mass is 14.6. The Morgan fingerprint density at radius 3 is 2.25 bits per heavy atom. The van der Waals surface area contributed by atoms with Crippen LogP contribution >= 0.6 is 0 Å². The summed E-state index contributed by atoms with van der Waals surface area (Å²) in [5.41, 5.74) is 0. The summed E-state index contributed by atoms with van der Waals surface area (Å²) in [6, 6.07) is 0. The summed E-state index contributed by atoms with van der Waals surface area (Å²) in [6.07, 6.45) is 16.0. The molecule has 0 aromatic heterocycles. The van der Waals surface area contributed by atoms with Crippen LogP contribution in [0.25, 0.3) is 0 Å². The van der Waals surface area contributed by atoms with Gasteiger partial charge >= 0.3 is 0 Å². The van der Waals surface area contributed by atoms with E-state index in [9.17, 15) is 0 Å². The van der Waals surface area contributed by atoms with Crippen molar-refractivity contribution in [3.63, 3.8) is 0 Å². The fraction of sp³-hybridized carbons (Fsp3) is 1.00. The van der Waals surface area contributed by atoms with Gasteiger partial charge in [0, 0.05) is 0 Å². The predicted molar refractivity (Wildman–Crippen MR) is 83.3 cm³/mol. The molecule has 0 saturated heterocycles. The molecule has 5 saturated carbocycles. The van der Waals surface area contributed by atoms with Crippen molar-refractivity contribution in [2.45, 2.75) is 71.1 Å². The molecule has 5 rings (SSSR count). The van der Waals surface area contributed by atoms with E-state index in [-0.39, 0.29) is 0 Å². The summed E-state index contributed by atoms with van der Waals surface area (Å²) >= 11 is 0. The molecule has 8 atom stereocenters. The van der Waals surface area contributed by atoms with Crippen LogP contribution in [0.5, 0.6) is 0 Å². The standard InChI is InChI=1S/C20H32/c1-12(17-9-13-2-3-14(8-13)10-17)18-6-7-19-15-4-5-16(11-15)20(18)19/h12-20H,2-11H2,1H3. The van der Waals surface area contributed by atoms with E-state index in [0.717, 1.165) is 29.6 Å². The van der Waals surface area contributed by atoms with Crippen LogP contribution in [0.3, 0.4) is 0 Å². The Kier molecular flexibility index (Phi) is 2.82. The zero-order chi connectivity index (χ0) is 13.3. The fourth-order valence-electron chi connectivity index (χ4n) is 8.08. The van der Waals surface area contributed by atoms with Gasteiger partial charge in [-0.3, -0.25) is 0 Å². The minimum Gasteiger partial charge on any atom is -0.0620 e. The average molecular weight is 272 g/mol. The summed E-state index contributed by atoms with van der Waals surface area (Å²) < 4.78 is 0. The molecule has 0 aromatic rings. The molecule has 0 spiro atoms. The third kappa shape index (κ3) is 1.72. The van der Waals surface area contributed by atoms with Crippen LogP contribution in [0.15, 0.2) is 0 Å². The van der Waals surface area contributed by atoms with Crippen molar-refractivity contribution in [3.8, 4) is 0 Å². The van der Waals surface area contributed by atoms with E-state index in [0.29, 0.717) is 0 Å². The zero-order valence-electron chi connectivity index (χ0n) is 13.3. The molecule has 5 aliphatic carbocycles. The van der Waals surface area contributed by atoms with Crippen molar-refractivity contribution >= 4 is 0 Å².